The highest BCUT2D eigenvalue weighted by Gasteiger charge is 2.36. The van der Waals surface area contributed by atoms with Crippen LogP contribution in [0.5, 0.6) is 0 Å². The molecular weight excluding hydrogens is 160 g/mol. The molecule has 1 aliphatic rings. The van der Waals surface area contributed by atoms with Crippen LogP contribution in [-0.4, -0.2) is 12.2 Å². The Hall–Kier alpha value is -0.0400. The Bertz CT molecular complexity index is 135. The summed E-state index contributed by atoms with van der Waals surface area (Å²) < 4.78 is 6.08. The van der Waals surface area contributed by atoms with Gasteiger partial charge in [-0.25, -0.2) is 0 Å². The van der Waals surface area contributed by atoms with E-state index < -0.39 is 0 Å². The van der Waals surface area contributed by atoms with Gasteiger partial charge in [0.25, 0.3) is 0 Å². The zero-order valence-electron chi connectivity index (χ0n) is 9.71. The van der Waals surface area contributed by atoms with Gasteiger partial charge in [-0.3, -0.25) is 0 Å². The summed E-state index contributed by atoms with van der Waals surface area (Å²) >= 11 is 0. The second-order valence-corrected chi connectivity index (χ2v) is 4.61. The predicted octanol–water partition coefficient (Wildman–Crippen LogP) is 3.48. The van der Waals surface area contributed by atoms with Crippen molar-refractivity contribution < 1.29 is 4.74 Å². The third-order valence-corrected chi connectivity index (χ3v) is 3.99. The van der Waals surface area contributed by atoms with Crippen LogP contribution in [0.1, 0.15) is 47.5 Å². The fourth-order valence-electron chi connectivity index (χ4n) is 2.56. The molecule has 0 aromatic carbocycles. The van der Waals surface area contributed by atoms with Crippen molar-refractivity contribution in [3.8, 4) is 0 Å². The molecule has 0 amide bonds. The minimum absolute atomic E-state index is 0.496. The van der Waals surface area contributed by atoms with Crippen LogP contribution in [0.3, 0.4) is 0 Å². The molecule has 1 saturated heterocycles. The Morgan fingerprint density at radius 1 is 0.769 bits per heavy atom. The van der Waals surface area contributed by atoms with Crippen molar-refractivity contribution in [2.24, 2.45) is 17.8 Å². The maximum absolute atomic E-state index is 6.08. The second kappa shape index (κ2) is 4.45. The molecule has 0 aromatic rings. The van der Waals surface area contributed by atoms with Gasteiger partial charge >= 0.3 is 0 Å². The molecular formula is C12H24O. The molecule has 1 heteroatoms. The summed E-state index contributed by atoms with van der Waals surface area (Å²) in [5.74, 6) is 2.26. The van der Waals surface area contributed by atoms with Gasteiger partial charge in [-0.15, -0.1) is 0 Å². The van der Waals surface area contributed by atoms with E-state index in [-0.39, 0.29) is 0 Å². The van der Waals surface area contributed by atoms with E-state index >= 15 is 0 Å². The zero-order valence-corrected chi connectivity index (χ0v) is 9.71. The quantitative estimate of drug-likeness (QED) is 0.638. The Labute approximate surface area is 82.9 Å². The van der Waals surface area contributed by atoms with Gasteiger partial charge in [0, 0.05) is 0 Å². The van der Waals surface area contributed by atoms with Crippen LogP contribution in [0.4, 0.5) is 0 Å². The summed E-state index contributed by atoms with van der Waals surface area (Å²) in [4.78, 5) is 0. The van der Waals surface area contributed by atoms with Gasteiger partial charge < -0.3 is 4.74 Å². The lowest BCUT2D eigenvalue weighted by molar-refractivity contribution is -0.134. The normalized spacial score (nSPS) is 46.4. The summed E-state index contributed by atoms with van der Waals surface area (Å²) in [5, 5.41) is 0. The van der Waals surface area contributed by atoms with E-state index in [1.165, 1.54) is 0 Å². The SMILES string of the molecule is CC[C@@H]1O[C@H](CC)[C@@H](C)[C@H](C)[C@H]1C. The van der Waals surface area contributed by atoms with E-state index in [2.05, 4.69) is 34.6 Å². The molecule has 0 aromatic heterocycles. The Kier molecular flexibility index (Phi) is 3.78. The van der Waals surface area contributed by atoms with Crippen molar-refractivity contribution in [3.63, 3.8) is 0 Å². The summed E-state index contributed by atoms with van der Waals surface area (Å²) in [7, 11) is 0. The smallest absolute Gasteiger partial charge is 0.0604 e. The van der Waals surface area contributed by atoms with Gasteiger partial charge in [0.2, 0.25) is 0 Å². The van der Waals surface area contributed by atoms with Crippen LogP contribution in [0, 0.1) is 17.8 Å². The summed E-state index contributed by atoms with van der Waals surface area (Å²) in [6, 6.07) is 0. The van der Waals surface area contributed by atoms with Gasteiger partial charge in [0.1, 0.15) is 0 Å². The number of rotatable bonds is 2. The van der Waals surface area contributed by atoms with Crippen LogP contribution in [0.15, 0.2) is 0 Å². The standard InChI is InChI=1S/C12H24O/c1-6-11-9(4)8(3)10(5)12(7-2)13-11/h8-12H,6-7H2,1-5H3/t8-,9-,10+,11+,12-. The molecule has 78 valence electrons. The van der Waals surface area contributed by atoms with E-state index in [4.69, 9.17) is 4.74 Å². The first-order chi connectivity index (χ1) is 6.11. The largest absolute Gasteiger partial charge is 0.374 e. The van der Waals surface area contributed by atoms with Gasteiger partial charge in [-0.1, -0.05) is 34.6 Å². The Morgan fingerprint density at radius 2 is 1.15 bits per heavy atom. The lowest BCUT2D eigenvalue weighted by atomic mass is 9.75. The molecule has 5 atom stereocenters. The Morgan fingerprint density at radius 3 is 1.46 bits per heavy atom. The van der Waals surface area contributed by atoms with Gasteiger partial charge in [0.15, 0.2) is 0 Å². The van der Waals surface area contributed by atoms with Gasteiger partial charge in [-0.2, -0.15) is 0 Å². The van der Waals surface area contributed by atoms with Crippen molar-refractivity contribution in [2.45, 2.75) is 59.7 Å². The van der Waals surface area contributed by atoms with Crippen LogP contribution in [0.25, 0.3) is 0 Å². The van der Waals surface area contributed by atoms with Crippen molar-refractivity contribution in [1.82, 2.24) is 0 Å². The molecule has 0 bridgehead atoms. The number of ether oxygens (including phenoxy) is 1. The van der Waals surface area contributed by atoms with Gasteiger partial charge in [-0.05, 0) is 30.6 Å². The molecule has 1 aliphatic heterocycles. The number of hydrogen-bond donors (Lipinski definition) is 0. The van der Waals surface area contributed by atoms with Crippen LogP contribution < -0.4 is 0 Å². The third-order valence-electron chi connectivity index (χ3n) is 3.99. The average Bonchev–Trinajstić information content (AvgIpc) is 2.15. The second-order valence-electron chi connectivity index (χ2n) is 4.61. The first kappa shape index (κ1) is 11.0. The monoisotopic (exact) mass is 184 g/mol. The number of hydrogen-bond acceptors (Lipinski definition) is 1. The molecule has 13 heavy (non-hydrogen) atoms. The molecule has 1 heterocycles. The maximum atomic E-state index is 6.08. The fraction of sp³-hybridized carbons (Fsp3) is 1.00. The molecule has 0 spiro atoms. The van der Waals surface area contributed by atoms with E-state index in [9.17, 15) is 0 Å². The van der Waals surface area contributed by atoms with E-state index in [0.29, 0.717) is 12.2 Å². The minimum Gasteiger partial charge on any atom is -0.374 e. The predicted molar refractivity (Wildman–Crippen MR) is 56.7 cm³/mol. The van der Waals surface area contributed by atoms with E-state index in [1.54, 1.807) is 0 Å². The summed E-state index contributed by atoms with van der Waals surface area (Å²) in [5.41, 5.74) is 0. The lowest BCUT2D eigenvalue weighted by Crippen LogP contribution is -2.44. The van der Waals surface area contributed by atoms with Gasteiger partial charge in [0.05, 0.1) is 12.2 Å². The first-order valence-electron chi connectivity index (χ1n) is 5.77. The molecule has 0 N–H and O–H groups in total. The molecule has 1 rings (SSSR count). The molecule has 0 unspecified atom stereocenters. The average molecular weight is 184 g/mol. The van der Waals surface area contributed by atoms with Crippen molar-refractivity contribution in [3.05, 3.63) is 0 Å². The van der Waals surface area contributed by atoms with Crippen LogP contribution in [0.2, 0.25) is 0 Å². The minimum atomic E-state index is 0.496. The highest BCUT2D eigenvalue weighted by molar-refractivity contribution is 4.84. The van der Waals surface area contributed by atoms with Crippen LogP contribution in [-0.2, 0) is 4.74 Å². The van der Waals surface area contributed by atoms with Crippen molar-refractivity contribution in [2.75, 3.05) is 0 Å². The van der Waals surface area contributed by atoms with E-state index in [1.807, 2.05) is 0 Å². The molecule has 1 nitrogen and oxygen atoms in total. The third kappa shape index (κ3) is 2.07. The van der Waals surface area contributed by atoms with Crippen LogP contribution >= 0.6 is 0 Å². The zero-order chi connectivity index (χ0) is 10.0. The fourth-order valence-corrected chi connectivity index (χ4v) is 2.56. The molecule has 0 radical (unpaired) electrons. The Balaban J connectivity index is 2.66. The molecule has 0 saturated carbocycles. The first-order valence-corrected chi connectivity index (χ1v) is 5.77. The highest BCUT2D eigenvalue weighted by Crippen LogP contribution is 2.36. The summed E-state index contributed by atoms with van der Waals surface area (Å²) in [6.07, 6.45) is 3.32. The van der Waals surface area contributed by atoms with Crippen molar-refractivity contribution in [1.29, 1.82) is 0 Å². The topological polar surface area (TPSA) is 9.23 Å². The van der Waals surface area contributed by atoms with Crippen molar-refractivity contribution >= 4 is 0 Å². The van der Waals surface area contributed by atoms with E-state index in [0.717, 1.165) is 30.6 Å². The maximum Gasteiger partial charge on any atom is 0.0604 e. The lowest BCUT2D eigenvalue weighted by Gasteiger charge is -2.43. The molecule has 1 fully saturated rings. The molecule has 0 aliphatic carbocycles. The highest BCUT2D eigenvalue weighted by atomic mass is 16.5. The summed E-state index contributed by atoms with van der Waals surface area (Å²) in [6.45, 7) is 11.5.